The Labute approximate surface area is 201 Å². The van der Waals surface area contributed by atoms with Gasteiger partial charge in [-0.3, -0.25) is 14.3 Å². The third-order valence-electron chi connectivity index (χ3n) is 6.66. The number of anilines is 1. The molecule has 0 bridgehead atoms. The third kappa shape index (κ3) is 4.20. The highest BCUT2D eigenvalue weighted by atomic mass is 19.1. The van der Waals surface area contributed by atoms with Gasteiger partial charge in [-0.05, 0) is 39.0 Å². The molecule has 2 aliphatic heterocycles. The maximum Gasteiger partial charge on any atom is 0.257 e. The van der Waals surface area contributed by atoms with E-state index in [-0.39, 0.29) is 29.8 Å². The lowest BCUT2D eigenvalue weighted by atomic mass is 9.94. The molecule has 0 radical (unpaired) electrons. The molecule has 5 heterocycles. The number of carbonyl (C=O) groups is 2. The first kappa shape index (κ1) is 23.2. The lowest BCUT2D eigenvalue weighted by molar-refractivity contribution is -0.147. The number of amides is 2. The maximum absolute atomic E-state index is 14.1. The van der Waals surface area contributed by atoms with Gasteiger partial charge in [-0.25, -0.2) is 14.4 Å². The molecule has 3 aromatic heterocycles. The van der Waals surface area contributed by atoms with Crippen LogP contribution in [0.2, 0.25) is 0 Å². The van der Waals surface area contributed by atoms with Crippen molar-refractivity contribution < 1.29 is 18.7 Å². The fourth-order valence-corrected chi connectivity index (χ4v) is 4.71. The van der Waals surface area contributed by atoms with Gasteiger partial charge in [0.05, 0.1) is 41.7 Å². The molecule has 10 nitrogen and oxygen atoms in total. The smallest absolute Gasteiger partial charge is 0.257 e. The van der Waals surface area contributed by atoms with Crippen molar-refractivity contribution in [3.63, 3.8) is 0 Å². The second-order valence-electron chi connectivity index (χ2n) is 9.77. The summed E-state index contributed by atoms with van der Waals surface area (Å²) in [4.78, 5) is 37.7. The van der Waals surface area contributed by atoms with E-state index in [0.29, 0.717) is 32.8 Å². The molecule has 0 aromatic carbocycles. The van der Waals surface area contributed by atoms with E-state index in [1.165, 1.54) is 6.07 Å². The number of morpholine rings is 1. The van der Waals surface area contributed by atoms with E-state index in [4.69, 9.17) is 15.6 Å². The molecular weight excluding hydrogens is 453 g/mol. The highest BCUT2D eigenvalue weighted by molar-refractivity contribution is 5.96. The largest absolute Gasteiger partial charge is 0.384 e. The van der Waals surface area contributed by atoms with Crippen LogP contribution >= 0.6 is 0 Å². The molecule has 3 aromatic rings. The first-order valence-electron chi connectivity index (χ1n) is 11.6. The Balaban J connectivity index is 1.38. The van der Waals surface area contributed by atoms with Gasteiger partial charge in [-0.1, -0.05) is 0 Å². The number of nitrogen functional groups attached to an aromatic ring is 1. The molecule has 2 N–H and O–H groups in total. The lowest BCUT2D eigenvalue weighted by Crippen LogP contribution is -2.56. The van der Waals surface area contributed by atoms with Crippen molar-refractivity contribution in [3.05, 3.63) is 47.2 Å². The Morgan fingerprint density at radius 3 is 2.80 bits per heavy atom. The van der Waals surface area contributed by atoms with Crippen molar-refractivity contribution in [3.8, 4) is 0 Å². The zero-order valence-electron chi connectivity index (χ0n) is 20.0. The van der Waals surface area contributed by atoms with Gasteiger partial charge in [0.2, 0.25) is 5.91 Å². The van der Waals surface area contributed by atoms with Crippen molar-refractivity contribution in [2.45, 2.75) is 38.8 Å². The van der Waals surface area contributed by atoms with E-state index >= 15 is 0 Å². The summed E-state index contributed by atoms with van der Waals surface area (Å²) in [6.45, 7) is 8.22. The van der Waals surface area contributed by atoms with Crippen molar-refractivity contribution in [1.82, 2.24) is 29.5 Å². The molecule has 11 heteroatoms. The summed E-state index contributed by atoms with van der Waals surface area (Å²) in [5.74, 6) is -1.17. The predicted molar refractivity (Wildman–Crippen MR) is 126 cm³/mol. The fraction of sp³-hybridized carbons (Fsp3) is 0.458. The molecule has 35 heavy (non-hydrogen) atoms. The minimum Gasteiger partial charge on any atom is -0.384 e. The van der Waals surface area contributed by atoms with E-state index in [1.807, 2.05) is 37.8 Å². The van der Waals surface area contributed by atoms with Crippen LogP contribution in [0.1, 0.15) is 41.5 Å². The first-order chi connectivity index (χ1) is 16.6. The van der Waals surface area contributed by atoms with Gasteiger partial charge in [0.1, 0.15) is 17.9 Å². The van der Waals surface area contributed by atoms with E-state index < -0.39 is 17.3 Å². The second kappa shape index (κ2) is 8.56. The average Bonchev–Trinajstić information content (AvgIpc) is 3.10. The van der Waals surface area contributed by atoms with Crippen LogP contribution in [0.3, 0.4) is 0 Å². The van der Waals surface area contributed by atoms with Crippen LogP contribution in [0.4, 0.5) is 10.2 Å². The van der Waals surface area contributed by atoms with Gasteiger partial charge >= 0.3 is 0 Å². The zero-order chi connectivity index (χ0) is 24.9. The van der Waals surface area contributed by atoms with Gasteiger partial charge in [0.15, 0.2) is 5.82 Å². The highest BCUT2D eigenvalue weighted by Gasteiger charge is 2.38. The molecule has 184 valence electrons. The van der Waals surface area contributed by atoms with Crippen molar-refractivity contribution >= 4 is 28.7 Å². The summed E-state index contributed by atoms with van der Waals surface area (Å²) in [5.41, 5.74) is 8.19. The predicted octanol–water partition coefficient (Wildman–Crippen LogP) is 1.73. The lowest BCUT2D eigenvalue weighted by Gasteiger charge is -2.42. The number of rotatable bonds is 4. The first-order valence-corrected chi connectivity index (χ1v) is 11.6. The molecular formula is C24H28FN7O3. The van der Waals surface area contributed by atoms with Gasteiger partial charge in [0.25, 0.3) is 5.91 Å². The minimum atomic E-state index is -0.704. The van der Waals surface area contributed by atoms with Crippen molar-refractivity contribution in [2.75, 3.05) is 38.6 Å². The third-order valence-corrected chi connectivity index (χ3v) is 6.66. The SMILES string of the molecule is Cc1ccc2c(n1)c(C1CN(C(=O)c3cc(N)ncc3F)C1)nn2CC(=O)N1CCOCC1(C)C. The maximum atomic E-state index is 14.1. The second-order valence-corrected chi connectivity index (χ2v) is 9.77. The Morgan fingerprint density at radius 1 is 1.29 bits per heavy atom. The molecule has 2 aliphatic rings. The Bertz CT molecular complexity index is 1320. The van der Waals surface area contributed by atoms with E-state index in [1.54, 1.807) is 9.58 Å². The topological polar surface area (TPSA) is 119 Å². The van der Waals surface area contributed by atoms with Crippen LogP contribution in [0.15, 0.2) is 24.4 Å². The molecule has 0 aliphatic carbocycles. The molecule has 0 unspecified atom stereocenters. The quantitative estimate of drug-likeness (QED) is 0.603. The number of aryl methyl sites for hydroxylation is 1. The van der Waals surface area contributed by atoms with Gasteiger partial charge in [-0.2, -0.15) is 5.10 Å². The van der Waals surface area contributed by atoms with Crippen LogP contribution in [0.25, 0.3) is 11.0 Å². The van der Waals surface area contributed by atoms with Crippen LogP contribution in [-0.2, 0) is 16.1 Å². The molecule has 2 fully saturated rings. The fourth-order valence-electron chi connectivity index (χ4n) is 4.71. The number of carbonyl (C=O) groups excluding carboxylic acids is 2. The molecule has 2 saturated heterocycles. The number of fused-ring (bicyclic) bond motifs is 1. The molecule has 5 rings (SSSR count). The summed E-state index contributed by atoms with van der Waals surface area (Å²) in [5, 5.41) is 4.77. The van der Waals surface area contributed by atoms with Gasteiger partial charge < -0.3 is 20.3 Å². The van der Waals surface area contributed by atoms with Crippen LogP contribution in [0, 0.1) is 12.7 Å². The number of likely N-dealkylation sites (tertiary alicyclic amines) is 1. The van der Waals surface area contributed by atoms with Crippen LogP contribution in [0.5, 0.6) is 0 Å². The van der Waals surface area contributed by atoms with Crippen molar-refractivity contribution in [1.29, 1.82) is 0 Å². The van der Waals surface area contributed by atoms with Gasteiger partial charge in [-0.15, -0.1) is 0 Å². The average molecular weight is 482 g/mol. The molecule has 0 spiro atoms. The summed E-state index contributed by atoms with van der Waals surface area (Å²) in [6, 6.07) is 5.06. The summed E-state index contributed by atoms with van der Waals surface area (Å²) in [7, 11) is 0. The Morgan fingerprint density at radius 2 is 2.06 bits per heavy atom. The van der Waals surface area contributed by atoms with Gasteiger partial charge in [0, 0.05) is 31.2 Å². The summed E-state index contributed by atoms with van der Waals surface area (Å²) < 4.78 is 21.3. The minimum absolute atomic E-state index is 0.0361. The van der Waals surface area contributed by atoms with E-state index in [9.17, 15) is 14.0 Å². The number of pyridine rings is 2. The number of ether oxygens (including phenoxy) is 1. The summed E-state index contributed by atoms with van der Waals surface area (Å²) in [6.07, 6.45) is 0.953. The highest BCUT2D eigenvalue weighted by Crippen LogP contribution is 2.32. The molecule has 0 atom stereocenters. The number of halogens is 1. The molecule has 0 saturated carbocycles. The number of hydrogen-bond acceptors (Lipinski definition) is 7. The van der Waals surface area contributed by atoms with E-state index in [0.717, 1.165) is 28.6 Å². The number of nitrogens with zero attached hydrogens (tertiary/aromatic N) is 6. The van der Waals surface area contributed by atoms with Crippen molar-refractivity contribution in [2.24, 2.45) is 0 Å². The van der Waals surface area contributed by atoms with E-state index in [2.05, 4.69) is 9.97 Å². The molecule has 2 amide bonds. The normalized spacial score (nSPS) is 18.1. The summed E-state index contributed by atoms with van der Waals surface area (Å²) >= 11 is 0. The number of nitrogens with two attached hydrogens (primary N) is 1. The zero-order valence-corrected chi connectivity index (χ0v) is 20.0. The van der Waals surface area contributed by atoms with Crippen LogP contribution in [-0.4, -0.2) is 79.7 Å². The number of aromatic nitrogens is 4. The monoisotopic (exact) mass is 481 g/mol. The van der Waals surface area contributed by atoms with Crippen LogP contribution < -0.4 is 5.73 Å². The number of hydrogen-bond donors (Lipinski definition) is 1. The Hall–Kier alpha value is -3.60. The standard InChI is InChI=1S/C24H28FN7O3/c1-14-4-5-18-22(28-14)21(29-32(18)12-20(33)31-6-7-35-13-24(31,2)3)15-10-30(11-15)23(34)16-8-19(26)27-9-17(16)25/h4-5,8-9,15H,6-7,10-13H2,1-3H3,(H2,26,27). The Kier molecular flexibility index (Phi) is 5.66.